The SMILES string of the molecule is c1ccc2c(c1)oc1cc(-c3nc(-c4cccc5c4sc4ccccc45)nc(-n4c5ccccc5c5ccccc54)n3)ccc12. The summed E-state index contributed by atoms with van der Waals surface area (Å²) in [6, 6.07) is 46.2. The highest BCUT2D eigenvalue weighted by atomic mass is 32.1. The second-order valence-electron chi connectivity index (χ2n) is 11.2. The molecule has 6 heteroatoms. The van der Waals surface area contributed by atoms with Gasteiger partial charge in [-0.3, -0.25) is 4.57 Å². The zero-order valence-electron chi connectivity index (χ0n) is 23.8. The first-order valence-electron chi connectivity index (χ1n) is 14.9. The van der Waals surface area contributed by atoms with Crippen LogP contribution in [0, 0.1) is 0 Å². The van der Waals surface area contributed by atoms with E-state index < -0.39 is 0 Å². The van der Waals surface area contributed by atoms with Crippen molar-refractivity contribution in [3.05, 3.63) is 133 Å². The number of para-hydroxylation sites is 3. The molecule has 0 N–H and O–H groups in total. The van der Waals surface area contributed by atoms with Gasteiger partial charge in [0.15, 0.2) is 11.6 Å². The first kappa shape index (κ1) is 24.6. The average Bonchev–Trinajstić information content (AvgIpc) is 3.77. The molecule has 0 fully saturated rings. The van der Waals surface area contributed by atoms with Gasteiger partial charge in [0.25, 0.3) is 0 Å². The molecular formula is C39H22N4OS. The van der Waals surface area contributed by atoms with E-state index in [0.717, 1.165) is 59.6 Å². The van der Waals surface area contributed by atoms with Crippen molar-refractivity contribution in [2.75, 3.05) is 0 Å². The maximum absolute atomic E-state index is 6.26. The van der Waals surface area contributed by atoms with Crippen LogP contribution < -0.4 is 0 Å². The Hall–Kier alpha value is -5.85. The fraction of sp³-hybridized carbons (Fsp3) is 0. The highest BCUT2D eigenvalue weighted by Gasteiger charge is 2.20. The van der Waals surface area contributed by atoms with Crippen LogP contribution in [0.15, 0.2) is 138 Å². The summed E-state index contributed by atoms with van der Waals surface area (Å²) in [5.41, 5.74) is 5.63. The third-order valence-corrected chi connectivity index (χ3v) is 9.91. The van der Waals surface area contributed by atoms with Crippen LogP contribution in [-0.4, -0.2) is 19.5 Å². The lowest BCUT2D eigenvalue weighted by Gasteiger charge is -2.11. The zero-order valence-corrected chi connectivity index (χ0v) is 24.6. The van der Waals surface area contributed by atoms with Crippen LogP contribution in [0.25, 0.3) is 92.6 Å². The Kier molecular flexibility index (Phi) is 5.09. The molecule has 0 spiro atoms. The number of nitrogens with zero attached hydrogens (tertiary/aromatic N) is 4. The minimum Gasteiger partial charge on any atom is -0.456 e. The lowest BCUT2D eigenvalue weighted by molar-refractivity contribution is 0.669. The van der Waals surface area contributed by atoms with Crippen molar-refractivity contribution in [3.63, 3.8) is 0 Å². The van der Waals surface area contributed by atoms with Gasteiger partial charge in [0, 0.05) is 52.8 Å². The first-order chi connectivity index (χ1) is 22.3. The Balaban J connectivity index is 1.28. The van der Waals surface area contributed by atoms with E-state index in [0.29, 0.717) is 17.6 Å². The zero-order chi connectivity index (χ0) is 29.5. The number of thiophene rings is 1. The number of furan rings is 1. The highest BCUT2D eigenvalue weighted by molar-refractivity contribution is 7.26. The molecule has 0 aliphatic carbocycles. The van der Waals surface area contributed by atoms with Crippen molar-refractivity contribution in [2.24, 2.45) is 0 Å². The van der Waals surface area contributed by atoms with E-state index in [1.54, 1.807) is 11.3 Å². The van der Waals surface area contributed by atoms with Gasteiger partial charge >= 0.3 is 0 Å². The molecule has 0 radical (unpaired) electrons. The maximum Gasteiger partial charge on any atom is 0.238 e. The number of hydrogen-bond donors (Lipinski definition) is 0. The van der Waals surface area contributed by atoms with Crippen LogP contribution in [0.4, 0.5) is 0 Å². The van der Waals surface area contributed by atoms with Crippen molar-refractivity contribution in [2.45, 2.75) is 0 Å². The van der Waals surface area contributed by atoms with Gasteiger partial charge in [-0.1, -0.05) is 91.0 Å². The van der Waals surface area contributed by atoms with E-state index in [4.69, 9.17) is 19.4 Å². The van der Waals surface area contributed by atoms with E-state index in [1.807, 2.05) is 24.3 Å². The van der Waals surface area contributed by atoms with Gasteiger partial charge in [0.1, 0.15) is 11.2 Å². The van der Waals surface area contributed by atoms with Crippen molar-refractivity contribution in [1.82, 2.24) is 19.5 Å². The monoisotopic (exact) mass is 594 g/mol. The maximum atomic E-state index is 6.26. The normalized spacial score (nSPS) is 12.0. The predicted octanol–water partition coefficient (Wildman–Crippen LogP) is 10.6. The molecule has 0 bridgehead atoms. The number of rotatable bonds is 3. The van der Waals surface area contributed by atoms with Gasteiger partial charge in [-0.2, -0.15) is 9.97 Å². The Morgan fingerprint density at radius 3 is 1.96 bits per heavy atom. The van der Waals surface area contributed by atoms with Crippen LogP contribution >= 0.6 is 11.3 Å². The van der Waals surface area contributed by atoms with Crippen molar-refractivity contribution < 1.29 is 4.42 Å². The second kappa shape index (κ2) is 9.32. The molecule has 0 saturated carbocycles. The number of aromatic nitrogens is 4. The molecule has 0 unspecified atom stereocenters. The molecule has 6 aromatic carbocycles. The molecular weight excluding hydrogens is 573 g/mol. The van der Waals surface area contributed by atoms with Gasteiger partial charge in [0.2, 0.25) is 5.95 Å². The summed E-state index contributed by atoms with van der Waals surface area (Å²) in [5.74, 6) is 1.81. The van der Waals surface area contributed by atoms with Crippen LogP contribution in [0.1, 0.15) is 0 Å². The summed E-state index contributed by atoms with van der Waals surface area (Å²) >= 11 is 1.78. The molecule has 4 heterocycles. The van der Waals surface area contributed by atoms with Crippen molar-refractivity contribution >= 4 is 75.3 Å². The first-order valence-corrected chi connectivity index (χ1v) is 15.7. The second-order valence-corrected chi connectivity index (χ2v) is 12.3. The van der Waals surface area contributed by atoms with Gasteiger partial charge in [0.05, 0.1) is 11.0 Å². The molecule has 10 rings (SSSR count). The molecule has 210 valence electrons. The summed E-state index contributed by atoms with van der Waals surface area (Å²) in [6.07, 6.45) is 0. The smallest absolute Gasteiger partial charge is 0.238 e. The number of fused-ring (bicyclic) bond motifs is 9. The quantitative estimate of drug-likeness (QED) is 0.204. The van der Waals surface area contributed by atoms with E-state index in [1.165, 1.54) is 15.5 Å². The lowest BCUT2D eigenvalue weighted by atomic mass is 10.1. The molecule has 0 saturated heterocycles. The predicted molar refractivity (Wildman–Crippen MR) is 185 cm³/mol. The number of benzene rings is 6. The van der Waals surface area contributed by atoms with Gasteiger partial charge in [-0.05, 0) is 42.5 Å². The van der Waals surface area contributed by atoms with E-state index in [-0.39, 0.29) is 0 Å². The summed E-state index contributed by atoms with van der Waals surface area (Å²) < 4.78 is 10.8. The summed E-state index contributed by atoms with van der Waals surface area (Å²) in [6.45, 7) is 0. The molecule has 4 aromatic heterocycles. The Morgan fingerprint density at radius 1 is 0.489 bits per heavy atom. The lowest BCUT2D eigenvalue weighted by Crippen LogP contribution is -2.06. The van der Waals surface area contributed by atoms with Crippen molar-refractivity contribution in [3.8, 4) is 28.7 Å². The van der Waals surface area contributed by atoms with E-state index >= 15 is 0 Å². The van der Waals surface area contributed by atoms with Gasteiger partial charge in [-0.15, -0.1) is 11.3 Å². The Bertz CT molecular complexity index is 2730. The molecule has 0 amide bonds. The minimum atomic E-state index is 0.579. The molecule has 0 atom stereocenters. The average molecular weight is 595 g/mol. The third kappa shape index (κ3) is 3.63. The van der Waals surface area contributed by atoms with Crippen LogP contribution in [-0.2, 0) is 0 Å². The molecule has 45 heavy (non-hydrogen) atoms. The Morgan fingerprint density at radius 2 is 1.13 bits per heavy atom. The summed E-state index contributed by atoms with van der Waals surface area (Å²) in [4.78, 5) is 15.5. The van der Waals surface area contributed by atoms with Crippen LogP contribution in [0.3, 0.4) is 0 Å². The molecule has 0 aliphatic heterocycles. The van der Waals surface area contributed by atoms with Gasteiger partial charge in [-0.25, -0.2) is 4.98 Å². The largest absolute Gasteiger partial charge is 0.456 e. The highest BCUT2D eigenvalue weighted by Crippen LogP contribution is 2.40. The molecule has 0 aliphatic rings. The third-order valence-electron chi connectivity index (χ3n) is 8.69. The fourth-order valence-electron chi connectivity index (χ4n) is 6.64. The standard InChI is InChI=1S/C39H22N4OS/c1-5-16-31-24(10-1)25-11-2-6-17-32(25)43(31)39-41-37(23-20-21-27-26-12-3-7-18-33(26)44-34(27)22-23)40-38(42-39)30-15-9-14-29-28-13-4-8-19-35(28)45-36(29)30/h1-22H. The van der Waals surface area contributed by atoms with Gasteiger partial charge < -0.3 is 4.42 Å². The summed E-state index contributed by atoms with van der Waals surface area (Å²) in [5, 5.41) is 6.93. The topological polar surface area (TPSA) is 56.7 Å². The van der Waals surface area contributed by atoms with Crippen molar-refractivity contribution in [1.29, 1.82) is 0 Å². The van der Waals surface area contributed by atoms with Crippen LogP contribution in [0.5, 0.6) is 0 Å². The molecule has 10 aromatic rings. The van der Waals surface area contributed by atoms with E-state index in [2.05, 4.69) is 114 Å². The molecule has 5 nitrogen and oxygen atoms in total. The summed E-state index contributed by atoms with van der Waals surface area (Å²) in [7, 11) is 0. The Labute approximate surface area is 260 Å². The fourth-order valence-corrected chi connectivity index (χ4v) is 7.85. The number of hydrogen-bond acceptors (Lipinski definition) is 5. The minimum absolute atomic E-state index is 0.579. The van der Waals surface area contributed by atoms with E-state index in [9.17, 15) is 0 Å². The van der Waals surface area contributed by atoms with Crippen LogP contribution in [0.2, 0.25) is 0 Å².